The Morgan fingerprint density at radius 1 is 0.900 bits per heavy atom. The van der Waals surface area contributed by atoms with Crippen molar-refractivity contribution in [2.75, 3.05) is 0 Å². The first-order valence-corrected chi connectivity index (χ1v) is 9.78. The number of nitrogens with zero attached hydrogens (tertiary/aromatic N) is 4. The first-order valence-electron chi connectivity index (χ1n) is 9.78. The normalized spacial score (nSPS) is 10.9. The monoisotopic (exact) mass is 400 g/mol. The van der Waals surface area contributed by atoms with E-state index in [9.17, 15) is 14.9 Å². The molecule has 4 aromatic rings. The molecule has 0 aliphatic heterocycles. The van der Waals surface area contributed by atoms with Crippen LogP contribution in [0.2, 0.25) is 0 Å². The van der Waals surface area contributed by atoms with Crippen LogP contribution < -0.4 is 5.56 Å². The highest BCUT2D eigenvalue weighted by Gasteiger charge is 2.14. The number of rotatable bonds is 7. The van der Waals surface area contributed by atoms with Crippen LogP contribution in [0.4, 0.5) is 5.69 Å². The van der Waals surface area contributed by atoms with Crippen LogP contribution in [0.25, 0.3) is 16.7 Å². The number of nitro benzene ring substituents is 1. The quantitative estimate of drug-likeness (QED) is 0.263. The first-order chi connectivity index (χ1) is 14.6. The van der Waals surface area contributed by atoms with Crippen LogP contribution in [0.5, 0.6) is 0 Å². The van der Waals surface area contributed by atoms with Gasteiger partial charge in [0.2, 0.25) is 0 Å². The van der Waals surface area contributed by atoms with Crippen molar-refractivity contribution in [3.8, 4) is 5.69 Å². The van der Waals surface area contributed by atoms with Gasteiger partial charge in [0.25, 0.3) is 11.2 Å². The summed E-state index contributed by atoms with van der Waals surface area (Å²) in [7, 11) is 0. The molecule has 150 valence electrons. The molecule has 7 nitrogen and oxygen atoms in total. The van der Waals surface area contributed by atoms with E-state index in [-0.39, 0.29) is 11.2 Å². The van der Waals surface area contributed by atoms with Gasteiger partial charge in [-0.3, -0.25) is 24.5 Å². The van der Waals surface area contributed by atoms with E-state index in [0.717, 1.165) is 30.3 Å². The number of aryl methyl sites for hydroxylation is 2. The van der Waals surface area contributed by atoms with Gasteiger partial charge in [-0.25, -0.2) is 4.98 Å². The maximum absolute atomic E-state index is 13.3. The molecule has 3 aromatic heterocycles. The molecule has 0 spiro atoms. The number of nitro groups is 1. The van der Waals surface area contributed by atoms with Crippen LogP contribution in [-0.2, 0) is 12.8 Å². The van der Waals surface area contributed by atoms with Gasteiger partial charge in [-0.1, -0.05) is 12.1 Å². The zero-order valence-corrected chi connectivity index (χ0v) is 16.3. The molecule has 0 atom stereocenters. The Balaban J connectivity index is 1.66. The molecular weight excluding hydrogens is 380 g/mol. The molecule has 0 unspecified atom stereocenters. The van der Waals surface area contributed by atoms with Crippen LogP contribution in [0.3, 0.4) is 0 Å². The van der Waals surface area contributed by atoms with Gasteiger partial charge in [0.05, 0.1) is 10.6 Å². The summed E-state index contributed by atoms with van der Waals surface area (Å²) in [4.78, 5) is 32.7. The lowest BCUT2D eigenvalue weighted by Crippen LogP contribution is -2.23. The van der Waals surface area contributed by atoms with Gasteiger partial charge in [0.15, 0.2) is 0 Å². The van der Waals surface area contributed by atoms with Gasteiger partial charge in [0.1, 0.15) is 5.65 Å². The molecule has 0 bridgehead atoms. The molecular formula is C23H20N4O3. The third-order valence-corrected chi connectivity index (χ3v) is 4.99. The summed E-state index contributed by atoms with van der Waals surface area (Å²) in [5.41, 5.74) is 2.37. The molecule has 0 saturated heterocycles. The van der Waals surface area contributed by atoms with Crippen LogP contribution in [0.1, 0.15) is 24.1 Å². The number of hydrogen-bond donors (Lipinski definition) is 0. The maximum atomic E-state index is 13.3. The van der Waals surface area contributed by atoms with E-state index < -0.39 is 4.92 Å². The zero-order valence-electron chi connectivity index (χ0n) is 16.3. The van der Waals surface area contributed by atoms with Crippen molar-refractivity contribution in [3.05, 3.63) is 105 Å². The van der Waals surface area contributed by atoms with E-state index in [2.05, 4.69) is 9.97 Å². The predicted molar refractivity (Wildman–Crippen MR) is 115 cm³/mol. The Hall–Kier alpha value is -3.87. The number of pyridine rings is 3. The molecule has 0 amide bonds. The second-order valence-electron chi connectivity index (χ2n) is 7.03. The second kappa shape index (κ2) is 8.65. The Morgan fingerprint density at radius 3 is 2.53 bits per heavy atom. The summed E-state index contributed by atoms with van der Waals surface area (Å²) in [6.45, 7) is 0. The number of hydrogen-bond acceptors (Lipinski definition) is 5. The van der Waals surface area contributed by atoms with Crippen molar-refractivity contribution in [2.45, 2.75) is 25.7 Å². The minimum Gasteiger partial charge on any atom is -0.269 e. The van der Waals surface area contributed by atoms with Crippen molar-refractivity contribution < 1.29 is 4.92 Å². The van der Waals surface area contributed by atoms with Gasteiger partial charge < -0.3 is 0 Å². The van der Waals surface area contributed by atoms with Crippen LogP contribution in [0.15, 0.2) is 77.9 Å². The lowest BCUT2D eigenvalue weighted by Gasteiger charge is -2.12. The van der Waals surface area contributed by atoms with E-state index in [0.29, 0.717) is 23.3 Å². The third-order valence-electron chi connectivity index (χ3n) is 4.99. The first kappa shape index (κ1) is 19.4. The van der Waals surface area contributed by atoms with E-state index in [1.807, 2.05) is 36.4 Å². The molecule has 0 saturated carbocycles. The number of unbranched alkanes of at least 4 members (excludes halogenated alkanes) is 1. The van der Waals surface area contributed by atoms with E-state index >= 15 is 0 Å². The fraction of sp³-hybridized carbons (Fsp3) is 0.174. The minimum absolute atomic E-state index is 0.0655. The summed E-state index contributed by atoms with van der Waals surface area (Å²) < 4.78 is 1.47. The lowest BCUT2D eigenvalue weighted by molar-refractivity contribution is -0.384. The molecule has 0 fully saturated rings. The Morgan fingerprint density at radius 2 is 1.73 bits per heavy atom. The summed E-state index contributed by atoms with van der Waals surface area (Å²) in [6.07, 6.45) is 6.62. The maximum Gasteiger partial charge on any atom is 0.271 e. The van der Waals surface area contributed by atoms with Crippen LogP contribution in [-0.4, -0.2) is 19.5 Å². The molecule has 0 aliphatic carbocycles. The Bertz CT molecular complexity index is 1250. The second-order valence-corrected chi connectivity index (χ2v) is 7.03. The van der Waals surface area contributed by atoms with Gasteiger partial charge in [0, 0.05) is 41.2 Å². The van der Waals surface area contributed by atoms with Gasteiger partial charge in [-0.15, -0.1) is 0 Å². The average Bonchev–Trinajstić information content (AvgIpc) is 2.77. The molecule has 4 rings (SSSR count). The standard InChI is InChI=1S/C23H20N4O3/c28-23-18(7-1-2-9-19-10-3-4-13-24-19)15-17-8-6-14-25-22(17)26(23)20-11-5-12-21(16-20)27(29)30/h3-6,8,10-16H,1-2,7,9H2. The number of non-ortho nitro benzene ring substituents is 1. The largest absolute Gasteiger partial charge is 0.271 e. The van der Waals surface area contributed by atoms with Crippen molar-refractivity contribution in [1.29, 1.82) is 0 Å². The number of benzene rings is 1. The molecule has 0 radical (unpaired) electrons. The molecule has 30 heavy (non-hydrogen) atoms. The van der Waals surface area contributed by atoms with Gasteiger partial charge in [-0.05, 0) is 62.1 Å². The molecule has 7 heteroatoms. The SMILES string of the molecule is O=c1c(CCCCc2ccccn2)cc2cccnc2n1-c1cccc([N+](=O)[O-])c1. The summed E-state index contributed by atoms with van der Waals surface area (Å²) >= 11 is 0. The van der Waals surface area contributed by atoms with Crippen molar-refractivity contribution in [2.24, 2.45) is 0 Å². The van der Waals surface area contributed by atoms with E-state index in [4.69, 9.17) is 0 Å². The van der Waals surface area contributed by atoms with E-state index in [1.165, 1.54) is 16.7 Å². The average molecular weight is 400 g/mol. The third kappa shape index (κ3) is 4.10. The zero-order chi connectivity index (χ0) is 20.9. The Kier molecular flexibility index (Phi) is 5.61. The molecule has 0 N–H and O–H groups in total. The smallest absolute Gasteiger partial charge is 0.269 e. The topological polar surface area (TPSA) is 90.9 Å². The summed E-state index contributed by atoms with van der Waals surface area (Å²) in [6, 6.07) is 17.5. The summed E-state index contributed by atoms with van der Waals surface area (Å²) in [5.74, 6) is 0. The number of aromatic nitrogens is 3. The van der Waals surface area contributed by atoms with Crippen molar-refractivity contribution >= 4 is 16.7 Å². The van der Waals surface area contributed by atoms with Gasteiger partial charge >= 0.3 is 0 Å². The molecule has 1 aromatic carbocycles. The molecule has 0 aliphatic rings. The fourth-order valence-electron chi connectivity index (χ4n) is 3.53. The Labute approximate surface area is 172 Å². The van der Waals surface area contributed by atoms with Crippen LogP contribution >= 0.6 is 0 Å². The lowest BCUT2D eigenvalue weighted by atomic mass is 10.1. The summed E-state index contributed by atoms with van der Waals surface area (Å²) in [5, 5.41) is 12.0. The van der Waals surface area contributed by atoms with Crippen molar-refractivity contribution in [3.63, 3.8) is 0 Å². The highest BCUT2D eigenvalue weighted by atomic mass is 16.6. The van der Waals surface area contributed by atoms with Crippen molar-refractivity contribution in [1.82, 2.24) is 14.5 Å². The van der Waals surface area contributed by atoms with Crippen LogP contribution in [0, 0.1) is 10.1 Å². The predicted octanol–water partition coefficient (Wildman–Crippen LogP) is 4.25. The number of fused-ring (bicyclic) bond motifs is 1. The minimum atomic E-state index is -0.467. The van der Waals surface area contributed by atoms with E-state index in [1.54, 1.807) is 24.5 Å². The highest BCUT2D eigenvalue weighted by molar-refractivity contribution is 5.77. The van der Waals surface area contributed by atoms with Gasteiger partial charge in [-0.2, -0.15) is 0 Å². The fourth-order valence-corrected chi connectivity index (χ4v) is 3.53. The highest BCUT2D eigenvalue weighted by Crippen LogP contribution is 2.20. The molecule has 3 heterocycles.